The highest BCUT2D eigenvalue weighted by Crippen LogP contribution is 2.28. The van der Waals surface area contributed by atoms with Crippen LogP contribution in [-0.4, -0.2) is 63.7 Å². The van der Waals surface area contributed by atoms with Crippen molar-refractivity contribution in [2.24, 2.45) is 0 Å². The van der Waals surface area contributed by atoms with Crippen molar-refractivity contribution in [3.63, 3.8) is 0 Å². The van der Waals surface area contributed by atoms with Gasteiger partial charge in [0.2, 0.25) is 5.91 Å². The summed E-state index contributed by atoms with van der Waals surface area (Å²) < 4.78 is 7.10. The Balaban J connectivity index is 1.82. The normalized spacial score (nSPS) is 15.1. The second-order valence-corrected chi connectivity index (χ2v) is 7.68. The molecule has 1 fully saturated rings. The lowest BCUT2D eigenvalue weighted by Crippen LogP contribution is -2.39. The van der Waals surface area contributed by atoms with Crippen LogP contribution in [0, 0.1) is 0 Å². The molecule has 8 nitrogen and oxygen atoms in total. The number of imide groups is 1. The topological polar surface area (TPSA) is 89.4 Å². The summed E-state index contributed by atoms with van der Waals surface area (Å²) in [7, 11) is 1.62. The monoisotopic (exact) mass is 409 g/mol. The van der Waals surface area contributed by atoms with Gasteiger partial charge in [0.15, 0.2) is 11.0 Å². The summed E-state index contributed by atoms with van der Waals surface area (Å²) in [5.74, 6) is 0.425. The minimum Gasteiger partial charge on any atom is -0.383 e. The molecule has 0 saturated carbocycles. The number of carbonyl (C=O) groups excluding carboxylic acids is 2. The van der Waals surface area contributed by atoms with E-state index in [-0.39, 0.29) is 11.9 Å². The second-order valence-electron chi connectivity index (χ2n) is 5.94. The molecule has 1 aliphatic rings. The zero-order valence-electron chi connectivity index (χ0n) is 15.0. The first kappa shape index (κ1) is 19.7. The van der Waals surface area contributed by atoms with Crippen molar-refractivity contribution in [2.75, 3.05) is 26.8 Å². The zero-order valence-corrected chi connectivity index (χ0v) is 16.6. The maximum Gasteiger partial charge on any atom is 0.324 e. The smallest absolute Gasteiger partial charge is 0.324 e. The van der Waals surface area contributed by atoms with Crippen LogP contribution in [-0.2, 0) is 16.1 Å². The lowest BCUT2D eigenvalue weighted by atomic mass is 10.2. The number of rotatable bonds is 7. The van der Waals surface area contributed by atoms with Crippen LogP contribution < -0.4 is 5.32 Å². The second kappa shape index (κ2) is 8.73. The van der Waals surface area contributed by atoms with Gasteiger partial charge in [-0.15, -0.1) is 10.2 Å². The molecule has 0 radical (unpaired) electrons. The van der Waals surface area contributed by atoms with Gasteiger partial charge in [0, 0.05) is 30.8 Å². The average Bonchev–Trinajstić information content (AvgIpc) is 3.26. The Morgan fingerprint density at radius 3 is 2.74 bits per heavy atom. The summed E-state index contributed by atoms with van der Waals surface area (Å²) in [6, 6.07) is 6.96. The first-order valence-electron chi connectivity index (χ1n) is 8.45. The molecule has 2 aromatic rings. The van der Waals surface area contributed by atoms with Crippen LogP contribution in [0.3, 0.4) is 0 Å². The molecule has 1 aliphatic heterocycles. The molecule has 3 amide bonds. The largest absolute Gasteiger partial charge is 0.383 e. The molecule has 1 atom stereocenters. The fraction of sp³-hybridized carbons (Fsp3) is 0.412. The molecule has 3 rings (SSSR count). The van der Waals surface area contributed by atoms with E-state index in [1.807, 2.05) is 16.7 Å². The van der Waals surface area contributed by atoms with Crippen molar-refractivity contribution >= 4 is 35.3 Å². The number of halogens is 1. The molecular formula is C17H20ClN5O3S. The van der Waals surface area contributed by atoms with E-state index in [0.717, 1.165) is 5.56 Å². The predicted molar refractivity (Wildman–Crippen MR) is 103 cm³/mol. The quantitative estimate of drug-likeness (QED) is 0.705. The highest BCUT2D eigenvalue weighted by molar-refractivity contribution is 8.00. The number of benzene rings is 1. The number of thioether (sulfide) groups is 1. The molecule has 1 N–H and O–H groups in total. The summed E-state index contributed by atoms with van der Waals surface area (Å²) in [5.41, 5.74) is 0.868. The van der Waals surface area contributed by atoms with E-state index in [4.69, 9.17) is 16.3 Å². The molecule has 1 aromatic carbocycles. The third-order valence-electron chi connectivity index (χ3n) is 4.09. The van der Waals surface area contributed by atoms with Gasteiger partial charge in [0.05, 0.1) is 18.4 Å². The van der Waals surface area contributed by atoms with Crippen LogP contribution in [0.2, 0.25) is 5.02 Å². The van der Waals surface area contributed by atoms with E-state index in [1.165, 1.54) is 16.7 Å². The molecule has 0 aliphatic carbocycles. The number of hydrogen-bond donors (Lipinski definition) is 1. The van der Waals surface area contributed by atoms with E-state index in [1.54, 1.807) is 26.2 Å². The molecule has 1 saturated heterocycles. The van der Waals surface area contributed by atoms with Gasteiger partial charge in [-0.05, 0) is 31.2 Å². The molecule has 10 heteroatoms. The van der Waals surface area contributed by atoms with Crippen molar-refractivity contribution in [3.8, 4) is 11.4 Å². The first-order chi connectivity index (χ1) is 13.0. The third kappa shape index (κ3) is 4.42. The van der Waals surface area contributed by atoms with Crippen LogP contribution in [0.15, 0.2) is 29.4 Å². The fourth-order valence-electron chi connectivity index (χ4n) is 2.68. The van der Waals surface area contributed by atoms with Crippen LogP contribution in [0.1, 0.15) is 6.92 Å². The molecule has 27 heavy (non-hydrogen) atoms. The van der Waals surface area contributed by atoms with E-state index < -0.39 is 5.25 Å². The van der Waals surface area contributed by atoms with Crippen LogP contribution in [0.4, 0.5) is 4.79 Å². The number of aromatic nitrogens is 3. The number of methoxy groups -OCH3 is 1. The Labute approximate surface area is 166 Å². The van der Waals surface area contributed by atoms with E-state index in [0.29, 0.717) is 42.2 Å². The van der Waals surface area contributed by atoms with Crippen molar-refractivity contribution in [2.45, 2.75) is 23.9 Å². The van der Waals surface area contributed by atoms with E-state index in [2.05, 4.69) is 15.5 Å². The van der Waals surface area contributed by atoms with Gasteiger partial charge >= 0.3 is 6.03 Å². The van der Waals surface area contributed by atoms with Gasteiger partial charge < -0.3 is 10.1 Å². The Hall–Kier alpha value is -2.10. The number of nitrogens with one attached hydrogen (secondary N) is 1. The SMILES string of the molecule is COCCn1c(S[C@H](C)C(=O)N2CCNC2=O)nnc1-c1ccc(Cl)cc1. The third-order valence-corrected chi connectivity index (χ3v) is 5.41. The molecule has 0 unspecified atom stereocenters. The van der Waals surface area contributed by atoms with Gasteiger partial charge in [-0.3, -0.25) is 14.3 Å². The Bertz CT molecular complexity index is 826. The summed E-state index contributed by atoms with van der Waals surface area (Å²) >= 11 is 7.24. The van der Waals surface area contributed by atoms with Gasteiger partial charge in [-0.1, -0.05) is 23.4 Å². The molecule has 144 valence electrons. The molecular weight excluding hydrogens is 390 g/mol. The Morgan fingerprint density at radius 1 is 1.37 bits per heavy atom. The average molecular weight is 410 g/mol. The molecule has 1 aromatic heterocycles. The first-order valence-corrected chi connectivity index (χ1v) is 9.71. The number of amides is 3. The number of hydrogen-bond acceptors (Lipinski definition) is 6. The number of urea groups is 1. The van der Waals surface area contributed by atoms with Crippen molar-refractivity contribution in [3.05, 3.63) is 29.3 Å². The van der Waals surface area contributed by atoms with Crippen LogP contribution in [0.25, 0.3) is 11.4 Å². The van der Waals surface area contributed by atoms with E-state index >= 15 is 0 Å². The standard InChI is InChI=1S/C17H20ClN5O3S/c1-11(15(24)23-8-7-19-16(23)25)27-17-21-20-14(22(17)9-10-26-2)12-3-5-13(18)6-4-12/h3-6,11H,7-10H2,1-2H3,(H,19,25)/t11-/m1/s1. The Kier molecular flexibility index (Phi) is 6.35. The van der Waals surface area contributed by atoms with Gasteiger partial charge in [-0.2, -0.15) is 0 Å². The van der Waals surface area contributed by atoms with Gasteiger partial charge in [-0.25, -0.2) is 4.79 Å². The minimum absolute atomic E-state index is 0.246. The lowest BCUT2D eigenvalue weighted by molar-refractivity contribution is -0.126. The summed E-state index contributed by atoms with van der Waals surface area (Å²) in [6.07, 6.45) is 0. The number of carbonyl (C=O) groups is 2. The molecule has 0 bridgehead atoms. The molecule has 0 spiro atoms. The predicted octanol–water partition coefficient (Wildman–Crippen LogP) is 2.28. The van der Waals surface area contributed by atoms with E-state index in [9.17, 15) is 9.59 Å². The highest BCUT2D eigenvalue weighted by atomic mass is 35.5. The highest BCUT2D eigenvalue weighted by Gasteiger charge is 2.31. The lowest BCUT2D eigenvalue weighted by Gasteiger charge is -2.17. The minimum atomic E-state index is -0.475. The molecule has 2 heterocycles. The van der Waals surface area contributed by atoms with Crippen molar-refractivity contribution in [1.29, 1.82) is 0 Å². The maximum absolute atomic E-state index is 12.5. The van der Waals surface area contributed by atoms with Crippen molar-refractivity contribution < 1.29 is 14.3 Å². The fourth-order valence-corrected chi connectivity index (χ4v) is 3.75. The Morgan fingerprint density at radius 2 is 2.11 bits per heavy atom. The maximum atomic E-state index is 12.5. The summed E-state index contributed by atoms with van der Waals surface area (Å²) in [5, 5.41) is 11.9. The number of nitrogens with zero attached hydrogens (tertiary/aromatic N) is 4. The van der Waals surface area contributed by atoms with Gasteiger partial charge in [0.1, 0.15) is 0 Å². The zero-order chi connectivity index (χ0) is 19.4. The summed E-state index contributed by atoms with van der Waals surface area (Å²) in [4.78, 5) is 25.5. The van der Waals surface area contributed by atoms with Crippen LogP contribution in [0.5, 0.6) is 0 Å². The number of ether oxygens (including phenoxy) is 1. The van der Waals surface area contributed by atoms with Crippen molar-refractivity contribution in [1.82, 2.24) is 25.0 Å². The summed E-state index contributed by atoms with van der Waals surface area (Å²) in [6.45, 7) is 3.63. The van der Waals surface area contributed by atoms with Gasteiger partial charge in [0.25, 0.3) is 0 Å². The van der Waals surface area contributed by atoms with Crippen LogP contribution >= 0.6 is 23.4 Å².